The average molecular weight is 244 g/mol. The number of halogens is 3. The highest BCUT2D eigenvalue weighted by molar-refractivity contribution is 5.20. The average Bonchev–Trinajstić information content (AvgIpc) is 2.28. The first kappa shape index (κ1) is 12.4. The van der Waals surface area contributed by atoms with Crippen molar-refractivity contribution < 1.29 is 13.2 Å². The molecule has 1 saturated heterocycles. The monoisotopic (exact) mass is 244 g/mol. The lowest BCUT2D eigenvalue weighted by Crippen LogP contribution is -2.49. The van der Waals surface area contributed by atoms with Crippen LogP contribution in [0.4, 0.5) is 13.2 Å². The van der Waals surface area contributed by atoms with Crippen molar-refractivity contribution in [2.24, 2.45) is 0 Å². The molecule has 94 valence electrons. The molecule has 1 aromatic rings. The molecule has 1 aromatic carbocycles. The fraction of sp³-hybridized carbons (Fsp3) is 0.500. The van der Waals surface area contributed by atoms with E-state index in [1.807, 2.05) is 11.8 Å². The van der Waals surface area contributed by atoms with Crippen LogP contribution < -0.4 is 5.32 Å². The largest absolute Gasteiger partial charge is 0.314 e. The van der Waals surface area contributed by atoms with E-state index >= 15 is 0 Å². The summed E-state index contributed by atoms with van der Waals surface area (Å²) in [6.07, 6.45) is 0. The molecule has 0 unspecified atom stereocenters. The second-order valence-electron chi connectivity index (χ2n) is 4.38. The maximum Gasteiger partial charge on any atom is 0.163 e. The van der Waals surface area contributed by atoms with E-state index in [0.29, 0.717) is 6.07 Å². The molecule has 1 aliphatic heterocycles. The van der Waals surface area contributed by atoms with E-state index in [1.54, 1.807) is 0 Å². The fourth-order valence-corrected chi connectivity index (χ4v) is 2.06. The van der Waals surface area contributed by atoms with E-state index in [1.165, 1.54) is 0 Å². The van der Waals surface area contributed by atoms with Crippen LogP contribution in [0.2, 0.25) is 0 Å². The zero-order valence-corrected chi connectivity index (χ0v) is 9.64. The molecular formula is C12H15F3N2. The third kappa shape index (κ3) is 2.79. The summed E-state index contributed by atoms with van der Waals surface area (Å²) >= 11 is 0. The first-order valence-corrected chi connectivity index (χ1v) is 5.66. The quantitative estimate of drug-likeness (QED) is 0.799. The third-order valence-electron chi connectivity index (χ3n) is 3.08. The van der Waals surface area contributed by atoms with Gasteiger partial charge in [0.15, 0.2) is 11.6 Å². The number of piperazine rings is 1. The molecule has 0 aromatic heterocycles. The molecule has 2 rings (SSSR count). The summed E-state index contributed by atoms with van der Waals surface area (Å²) in [5.41, 5.74) is 0.0799. The second-order valence-corrected chi connectivity index (χ2v) is 4.38. The zero-order chi connectivity index (χ0) is 12.4. The van der Waals surface area contributed by atoms with Gasteiger partial charge in [0.1, 0.15) is 5.82 Å². The predicted octanol–water partition coefficient (Wildman–Crippen LogP) is 1.90. The topological polar surface area (TPSA) is 15.3 Å². The summed E-state index contributed by atoms with van der Waals surface area (Å²) in [7, 11) is 0. The number of benzene rings is 1. The lowest BCUT2D eigenvalue weighted by atomic mass is 10.1. The van der Waals surface area contributed by atoms with Gasteiger partial charge in [0.25, 0.3) is 0 Å². The Labute approximate surface area is 98.4 Å². The van der Waals surface area contributed by atoms with Gasteiger partial charge in [-0.3, -0.25) is 4.90 Å². The van der Waals surface area contributed by atoms with Crippen LogP contribution in [0.25, 0.3) is 0 Å². The molecule has 17 heavy (non-hydrogen) atoms. The minimum atomic E-state index is -1.12. The van der Waals surface area contributed by atoms with E-state index in [9.17, 15) is 13.2 Å². The SMILES string of the molecule is C[C@H]1CNCCN1Cc1cc(F)cc(F)c1F. The van der Waals surface area contributed by atoms with Crippen LogP contribution in [0.15, 0.2) is 12.1 Å². The first-order chi connectivity index (χ1) is 8.08. The highest BCUT2D eigenvalue weighted by Gasteiger charge is 2.20. The molecule has 1 N–H and O–H groups in total. The van der Waals surface area contributed by atoms with Crippen LogP contribution in [-0.4, -0.2) is 30.6 Å². The minimum Gasteiger partial charge on any atom is -0.314 e. The minimum absolute atomic E-state index is 0.0799. The lowest BCUT2D eigenvalue weighted by Gasteiger charge is -2.33. The summed E-state index contributed by atoms with van der Waals surface area (Å²) in [6.45, 7) is 4.60. The Bertz CT molecular complexity index is 409. The fourth-order valence-electron chi connectivity index (χ4n) is 2.06. The number of hydrogen-bond donors (Lipinski definition) is 1. The maximum atomic E-state index is 13.5. The van der Waals surface area contributed by atoms with Crippen LogP contribution in [0.3, 0.4) is 0 Å². The number of hydrogen-bond acceptors (Lipinski definition) is 2. The molecule has 0 radical (unpaired) electrons. The van der Waals surface area contributed by atoms with Crippen molar-refractivity contribution >= 4 is 0 Å². The molecule has 0 aliphatic carbocycles. The lowest BCUT2D eigenvalue weighted by molar-refractivity contribution is 0.163. The zero-order valence-electron chi connectivity index (χ0n) is 9.64. The summed E-state index contributed by atoms with van der Waals surface area (Å²) in [5, 5.41) is 3.20. The van der Waals surface area contributed by atoms with Gasteiger partial charge in [-0.05, 0) is 13.0 Å². The van der Waals surface area contributed by atoms with Gasteiger partial charge in [-0.15, -0.1) is 0 Å². The molecule has 1 fully saturated rings. The Morgan fingerprint density at radius 3 is 2.82 bits per heavy atom. The van der Waals surface area contributed by atoms with Gasteiger partial charge in [-0.1, -0.05) is 0 Å². The Kier molecular flexibility index (Phi) is 3.69. The van der Waals surface area contributed by atoms with E-state index in [2.05, 4.69) is 5.32 Å². The van der Waals surface area contributed by atoms with E-state index in [4.69, 9.17) is 0 Å². The molecule has 1 aliphatic rings. The number of rotatable bonds is 2. The standard InChI is InChI=1S/C12H15F3N2/c1-8-6-16-2-3-17(8)7-9-4-10(13)5-11(14)12(9)15/h4-5,8,16H,2-3,6-7H2,1H3/t8-/m0/s1. The van der Waals surface area contributed by atoms with Gasteiger partial charge in [-0.25, -0.2) is 13.2 Å². The number of nitrogens with one attached hydrogen (secondary N) is 1. The van der Waals surface area contributed by atoms with Gasteiger partial charge in [0.05, 0.1) is 0 Å². The maximum absolute atomic E-state index is 13.5. The van der Waals surface area contributed by atoms with Crippen molar-refractivity contribution in [3.05, 3.63) is 35.1 Å². The molecule has 5 heteroatoms. The summed E-state index contributed by atoms with van der Waals surface area (Å²) in [6, 6.07) is 1.86. The molecule has 0 amide bonds. The number of nitrogens with zero attached hydrogens (tertiary/aromatic N) is 1. The summed E-state index contributed by atoms with van der Waals surface area (Å²) < 4.78 is 39.5. The van der Waals surface area contributed by atoms with Gasteiger partial charge >= 0.3 is 0 Å². The van der Waals surface area contributed by atoms with Crippen LogP contribution in [0, 0.1) is 17.5 Å². The van der Waals surface area contributed by atoms with Gasteiger partial charge in [0.2, 0.25) is 0 Å². The van der Waals surface area contributed by atoms with Crippen LogP contribution in [0.1, 0.15) is 12.5 Å². The second kappa shape index (κ2) is 5.06. The Hall–Kier alpha value is -1.07. The Morgan fingerprint density at radius 1 is 1.35 bits per heavy atom. The van der Waals surface area contributed by atoms with Gasteiger partial charge < -0.3 is 5.32 Å². The molecule has 1 heterocycles. The van der Waals surface area contributed by atoms with Crippen LogP contribution in [-0.2, 0) is 6.54 Å². The Balaban J connectivity index is 2.17. The molecule has 1 atom stereocenters. The van der Waals surface area contributed by atoms with Crippen molar-refractivity contribution in [3.8, 4) is 0 Å². The van der Waals surface area contributed by atoms with Crippen LogP contribution in [0.5, 0.6) is 0 Å². The third-order valence-corrected chi connectivity index (χ3v) is 3.08. The molecule has 0 spiro atoms. The molecule has 0 saturated carbocycles. The van der Waals surface area contributed by atoms with Crippen molar-refractivity contribution in [2.45, 2.75) is 19.5 Å². The van der Waals surface area contributed by atoms with Crippen LogP contribution >= 0.6 is 0 Å². The van der Waals surface area contributed by atoms with Gasteiger partial charge in [0, 0.05) is 43.9 Å². The first-order valence-electron chi connectivity index (χ1n) is 5.66. The highest BCUT2D eigenvalue weighted by atomic mass is 19.2. The van der Waals surface area contributed by atoms with E-state index < -0.39 is 17.5 Å². The van der Waals surface area contributed by atoms with Crippen molar-refractivity contribution in [2.75, 3.05) is 19.6 Å². The smallest absolute Gasteiger partial charge is 0.163 e. The predicted molar refractivity (Wildman–Crippen MR) is 59.1 cm³/mol. The van der Waals surface area contributed by atoms with E-state index in [0.717, 1.165) is 25.7 Å². The van der Waals surface area contributed by atoms with Crippen molar-refractivity contribution in [1.82, 2.24) is 10.2 Å². The Morgan fingerprint density at radius 2 is 2.12 bits per heavy atom. The van der Waals surface area contributed by atoms with Crippen molar-refractivity contribution in [1.29, 1.82) is 0 Å². The van der Waals surface area contributed by atoms with Gasteiger partial charge in [-0.2, -0.15) is 0 Å². The summed E-state index contributed by atoms with van der Waals surface area (Å²) in [4.78, 5) is 2.01. The molecule has 2 nitrogen and oxygen atoms in total. The summed E-state index contributed by atoms with van der Waals surface area (Å²) in [5.74, 6) is -2.80. The van der Waals surface area contributed by atoms with Crippen molar-refractivity contribution in [3.63, 3.8) is 0 Å². The molecule has 0 bridgehead atoms. The van der Waals surface area contributed by atoms with E-state index in [-0.39, 0.29) is 18.2 Å². The highest BCUT2D eigenvalue weighted by Crippen LogP contribution is 2.17. The normalized spacial score (nSPS) is 21.8. The molecular weight excluding hydrogens is 229 g/mol.